The highest BCUT2D eigenvalue weighted by Crippen LogP contribution is 2.35. The van der Waals surface area contributed by atoms with Crippen LogP contribution in [0.2, 0.25) is 0 Å². The Morgan fingerprint density at radius 2 is 1.81 bits per heavy atom. The Labute approximate surface area is 158 Å². The van der Waals surface area contributed by atoms with Gasteiger partial charge >= 0.3 is 0 Å². The third-order valence-corrected chi connectivity index (χ3v) is 5.01. The lowest BCUT2D eigenvalue weighted by Crippen LogP contribution is -1.90. The summed E-state index contributed by atoms with van der Waals surface area (Å²) in [5.74, 6) is 0.808. The molecule has 0 N–H and O–H groups in total. The van der Waals surface area contributed by atoms with Gasteiger partial charge in [-0.25, -0.2) is 4.98 Å². The van der Waals surface area contributed by atoms with E-state index in [1.165, 1.54) is 23.9 Å². The van der Waals surface area contributed by atoms with Crippen LogP contribution in [0, 0.1) is 10.1 Å². The standard InChI is InChI=1S/C19H14N4O3S/c1-12(27-17-11-8-13-4-2-3-5-16(13)20-17)18-21-22-19(26-18)14-6-9-15(10-7-14)23(24)25/h2-12H,1H3/t12-/m0/s1. The van der Waals surface area contributed by atoms with Crippen LogP contribution in [-0.4, -0.2) is 20.1 Å². The molecule has 1 atom stereocenters. The first-order valence-electron chi connectivity index (χ1n) is 8.21. The van der Waals surface area contributed by atoms with Crippen molar-refractivity contribution in [3.63, 3.8) is 0 Å². The molecule has 7 nitrogen and oxygen atoms in total. The summed E-state index contributed by atoms with van der Waals surface area (Å²) in [6.45, 7) is 1.97. The number of rotatable bonds is 5. The lowest BCUT2D eigenvalue weighted by atomic mass is 10.2. The van der Waals surface area contributed by atoms with Gasteiger partial charge in [0.05, 0.1) is 20.7 Å². The van der Waals surface area contributed by atoms with Crippen LogP contribution in [0.15, 0.2) is 70.1 Å². The lowest BCUT2D eigenvalue weighted by Gasteiger charge is -2.06. The van der Waals surface area contributed by atoms with Gasteiger partial charge in [-0.15, -0.1) is 10.2 Å². The monoisotopic (exact) mass is 378 g/mol. The van der Waals surface area contributed by atoms with Crippen molar-refractivity contribution in [3.8, 4) is 11.5 Å². The normalized spacial score (nSPS) is 12.2. The molecule has 0 fully saturated rings. The molecule has 0 unspecified atom stereocenters. The second-order valence-corrected chi connectivity index (χ2v) is 7.21. The third kappa shape index (κ3) is 3.65. The molecule has 134 valence electrons. The van der Waals surface area contributed by atoms with Crippen LogP contribution in [-0.2, 0) is 0 Å². The molecule has 0 aliphatic heterocycles. The minimum absolute atomic E-state index is 0.0183. The summed E-state index contributed by atoms with van der Waals surface area (Å²) in [6, 6.07) is 18.0. The zero-order chi connectivity index (χ0) is 18.8. The Morgan fingerprint density at radius 1 is 1.04 bits per heavy atom. The van der Waals surface area contributed by atoms with Crippen molar-refractivity contribution in [2.45, 2.75) is 17.2 Å². The fourth-order valence-corrected chi connectivity index (χ4v) is 3.44. The van der Waals surface area contributed by atoms with Crippen molar-refractivity contribution >= 4 is 28.4 Å². The number of aromatic nitrogens is 3. The molecule has 4 aromatic rings. The topological polar surface area (TPSA) is 95.0 Å². The predicted molar refractivity (Wildman–Crippen MR) is 102 cm³/mol. The first-order valence-corrected chi connectivity index (χ1v) is 9.09. The molecule has 0 bridgehead atoms. The summed E-state index contributed by atoms with van der Waals surface area (Å²) in [5.41, 5.74) is 1.59. The number of pyridine rings is 1. The maximum atomic E-state index is 10.7. The molecular formula is C19H14N4O3S. The number of benzene rings is 2. The Morgan fingerprint density at radius 3 is 2.59 bits per heavy atom. The highest BCUT2D eigenvalue weighted by molar-refractivity contribution is 7.99. The Balaban J connectivity index is 1.52. The maximum absolute atomic E-state index is 10.7. The molecule has 0 spiro atoms. The number of nitro groups is 1. The molecule has 0 saturated carbocycles. The number of hydrogen-bond donors (Lipinski definition) is 0. The van der Waals surface area contributed by atoms with Crippen molar-refractivity contribution in [2.24, 2.45) is 0 Å². The maximum Gasteiger partial charge on any atom is 0.269 e. The van der Waals surface area contributed by atoms with Crippen molar-refractivity contribution in [2.75, 3.05) is 0 Å². The zero-order valence-electron chi connectivity index (χ0n) is 14.3. The van der Waals surface area contributed by atoms with E-state index in [1.54, 1.807) is 12.1 Å². The van der Waals surface area contributed by atoms with Crippen LogP contribution >= 0.6 is 11.8 Å². The molecule has 8 heteroatoms. The van der Waals surface area contributed by atoms with Crippen LogP contribution in [0.5, 0.6) is 0 Å². The van der Waals surface area contributed by atoms with E-state index in [9.17, 15) is 10.1 Å². The van der Waals surface area contributed by atoms with Gasteiger partial charge in [0.25, 0.3) is 5.69 Å². The van der Waals surface area contributed by atoms with E-state index in [1.807, 2.05) is 43.3 Å². The van der Waals surface area contributed by atoms with Crippen molar-refractivity contribution in [1.29, 1.82) is 0 Å². The highest BCUT2D eigenvalue weighted by Gasteiger charge is 2.17. The summed E-state index contributed by atoms with van der Waals surface area (Å²) >= 11 is 1.53. The van der Waals surface area contributed by atoms with E-state index >= 15 is 0 Å². The molecule has 0 aliphatic carbocycles. The molecular weight excluding hydrogens is 364 g/mol. The number of non-ortho nitro benzene ring substituents is 1. The van der Waals surface area contributed by atoms with Crippen molar-refractivity contribution < 1.29 is 9.34 Å². The van der Waals surface area contributed by atoms with E-state index in [2.05, 4.69) is 15.2 Å². The summed E-state index contributed by atoms with van der Waals surface area (Å²) < 4.78 is 5.75. The first kappa shape index (κ1) is 17.2. The van der Waals surface area contributed by atoms with E-state index in [0.717, 1.165) is 15.9 Å². The zero-order valence-corrected chi connectivity index (χ0v) is 15.1. The average Bonchev–Trinajstić information content (AvgIpc) is 3.18. The van der Waals surface area contributed by atoms with Crippen LogP contribution in [0.3, 0.4) is 0 Å². The van der Waals surface area contributed by atoms with Gasteiger partial charge in [-0.1, -0.05) is 36.0 Å². The SMILES string of the molecule is C[C@H](Sc1ccc2ccccc2n1)c1nnc(-c2ccc([N+](=O)[O-])cc2)o1. The van der Waals surface area contributed by atoms with Gasteiger partial charge in [-0.05, 0) is 31.2 Å². The Kier molecular flexibility index (Phi) is 4.55. The van der Waals surface area contributed by atoms with Gasteiger partial charge in [0.1, 0.15) is 0 Å². The number of fused-ring (bicyclic) bond motifs is 1. The molecule has 2 aromatic heterocycles. The second-order valence-electron chi connectivity index (χ2n) is 5.85. The van der Waals surface area contributed by atoms with Crippen LogP contribution < -0.4 is 0 Å². The van der Waals surface area contributed by atoms with Crippen molar-refractivity contribution in [1.82, 2.24) is 15.2 Å². The summed E-state index contributed by atoms with van der Waals surface area (Å²) in [6.07, 6.45) is 0. The molecule has 0 aliphatic rings. The van der Waals surface area contributed by atoms with Crippen molar-refractivity contribution in [3.05, 3.63) is 76.7 Å². The molecule has 0 amide bonds. The minimum atomic E-state index is -0.446. The van der Waals surface area contributed by atoms with Crippen LogP contribution in [0.4, 0.5) is 5.69 Å². The molecule has 0 saturated heterocycles. The molecule has 0 radical (unpaired) electrons. The highest BCUT2D eigenvalue weighted by atomic mass is 32.2. The van der Waals surface area contributed by atoms with Gasteiger partial charge in [-0.3, -0.25) is 10.1 Å². The quantitative estimate of drug-likeness (QED) is 0.272. The number of nitro benzene ring substituents is 1. The van der Waals surface area contributed by atoms with Crippen LogP contribution in [0.1, 0.15) is 18.1 Å². The van der Waals surface area contributed by atoms with E-state index < -0.39 is 4.92 Å². The van der Waals surface area contributed by atoms with Gasteiger partial charge in [0.15, 0.2) is 0 Å². The van der Waals surface area contributed by atoms with E-state index in [0.29, 0.717) is 17.3 Å². The Bertz CT molecular complexity index is 1110. The van der Waals surface area contributed by atoms with Crippen LogP contribution in [0.25, 0.3) is 22.4 Å². The smallest absolute Gasteiger partial charge is 0.269 e. The number of thioether (sulfide) groups is 1. The lowest BCUT2D eigenvalue weighted by molar-refractivity contribution is -0.384. The molecule has 27 heavy (non-hydrogen) atoms. The fourth-order valence-electron chi connectivity index (χ4n) is 2.59. The van der Waals surface area contributed by atoms with Gasteiger partial charge in [0.2, 0.25) is 11.8 Å². The van der Waals surface area contributed by atoms with Gasteiger partial charge < -0.3 is 4.42 Å². The predicted octanol–water partition coefficient (Wildman–Crippen LogP) is 5.05. The van der Waals surface area contributed by atoms with E-state index in [-0.39, 0.29) is 10.9 Å². The van der Waals surface area contributed by atoms with Gasteiger partial charge in [-0.2, -0.15) is 0 Å². The van der Waals surface area contributed by atoms with E-state index in [4.69, 9.17) is 4.42 Å². The number of hydrogen-bond acceptors (Lipinski definition) is 7. The third-order valence-electron chi connectivity index (χ3n) is 3.98. The largest absolute Gasteiger partial charge is 0.419 e. The summed E-state index contributed by atoms with van der Waals surface area (Å²) in [5, 5.41) is 20.8. The molecule has 2 aromatic carbocycles. The summed E-state index contributed by atoms with van der Waals surface area (Å²) in [7, 11) is 0. The Hall–Kier alpha value is -3.26. The number of nitrogens with zero attached hydrogens (tertiary/aromatic N) is 4. The molecule has 4 rings (SSSR count). The first-order chi connectivity index (χ1) is 13.1. The fraction of sp³-hybridized carbons (Fsp3) is 0.105. The molecule has 2 heterocycles. The second kappa shape index (κ2) is 7.16. The average molecular weight is 378 g/mol. The minimum Gasteiger partial charge on any atom is -0.419 e. The van der Waals surface area contributed by atoms with Gasteiger partial charge in [0, 0.05) is 23.1 Å². The summed E-state index contributed by atoms with van der Waals surface area (Å²) in [4.78, 5) is 14.9. The number of para-hydroxylation sites is 1.